The molecule has 0 radical (unpaired) electrons. The second kappa shape index (κ2) is 5.77. The van der Waals surface area contributed by atoms with E-state index in [1.54, 1.807) is 13.8 Å². The molecule has 1 aromatic heterocycles. The fraction of sp³-hybridized carbons (Fsp3) is 0.667. The maximum absolute atomic E-state index is 11.4. The van der Waals surface area contributed by atoms with Crippen molar-refractivity contribution in [3.8, 4) is 0 Å². The van der Waals surface area contributed by atoms with Crippen LogP contribution in [0.25, 0.3) is 0 Å². The van der Waals surface area contributed by atoms with Crippen LogP contribution < -0.4 is 5.32 Å². The molecule has 0 amide bonds. The van der Waals surface area contributed by atoms with Gasteiger partial charge in [-0.15, -0.1) is 5.10 Å². The number of nitrogens with one attached hydrogen (secondary N) is 1. The van der Waals surface area contributed by atoms with Gasteiger partial charge in [-0.05, 0) is 44.1 Å². The van der Waals surface area contributed by atoms with Gasteiger partial charge in [0, 0.05) is 6.54 Å². The van der Waals surface area contributed by atoms with E-state index in [1.807, 2.05) is 0 Å². The van der Waals surface area contributed by atoms with Crippen molar-refractivity contribution in [1.29, 1.82) is 0 Å². The molecule has 1 aliphatic rings. The number of hydrogen-bond donors (Lipinski definition) is 2. The number of anilines is 1. The van der Waals surface area contributed by atoms with Crippen LogP contribution in [-0.2, 0) is 0 Å². The number of carboxylic acids is 1. The summed E-state index contributed by atoms with van der Waals surface area (Å²) in [5.41, 5.74) is 1.89. The van der Waals surface area contributed by atoms with Crippen molar-refractivity contribution < 1.29 is 9.90 Å². The number of nitrogens with zero attached hydrogens (tertiary/aromatic N) is 2. The molecule has 110 valence electrons. The van der Waals surface area contributed by atoms with Gasteiger partial charge in [-0.1, -0.05) is 19.8 Å². The van der Waals surface area contributed by atoms with Gasteiger partial charge in [0.15, 0.2) is 5.82 Å². The summed E-state index contributed by atoms with van der Waals surface area (Å²) in [4.78, 5) is 11.4. The number of aromatic nitrogens is 2. The molecule has 1 heterocycles. The van der Waals surface area contributed by atoms with E-state index < -0.39 is 5.97 Å². The van der Waals surface area contributed by atoms with Crippen LogP contribution in [0.5, 0.6) is 0 Å². The topological polar surface area (TPSA) is 75.1 Å². The third-order valence-corrected chi connectivity index (χ3v) is 4.71. The van der Waals surface area contributed by atoms with E-state index in [4.69, 9.17) is 0 Å². The Hall–Kier alpha value is -1.65. The molecule has 20 heavy (non-hydrogen) atoms. The average Bonchev–Trinajstić information content (AvgIpc) is 2.89. The SMILES string of the molecule is CCC1(CNc2nnc(C)c(C)c2C(=O)O)CCCC1. The van der Waals surface area contributed by atoms with Gasteiger partial charge >= 0.3 is 5.97 Å². The van der Waals surface area contributed by atoms with Crippen molar-refractivity contribution in [3.05, 3.63) is 16.8 Å². The van der Waals surface area contributed by atoms with E-state index in [0.717, 1.165) is 13.0 Å². The first-order chi connectivity index (χ1) is 9.49. The lowest BCUT2D eigenvalue weighted by Gasteiger charge is -2.28. The van der Waals surface area contributed by atoms with Gasteiger partial charge in [0.25, 0.3) is 0 Å². The Kier molecular flexibility index (Phi) is 4.26. The molecule has 0 bridgehead atoms. The summed E-state index contributed by atoms with van der Waals surface area (Å²) in [5.74, 6) is -0.541. The Morgan fingerprint density at radius 2 is 1.95 bits per heavy atom. The second-order valence-electron chi connectivity index (χ2n) is 5.85. The summed E-state index contributed by atoms with van der Waals surface area (Å²) in [6, 6.07) is 0. The largest absolute Gasteiger partial charge is 0.478 e. The zero-order chi connectivity index (χ0) is 14.8. The Balaban J connectivity index is 2.21. The van der Waals surface area contributed by atoms with Crippen LogP contribution in [0.3, 0.4) is 0 Å². The molecule has 1 aliphatic carbocycles. The normalized spacial score (nSPS) is 17.1. The van der Waals surface area contributed by atoms with Gasteiger partial charge in [0.05, 0.1) is 5.69 Å². The summed E-state index contributed by atoms with van der Waals surface area (Å²) in [6.07, 6.45) is 6.05. The van der Waals surface area contributed by atoms with Gasteiger partial charge in [-0.3, -0.25) is 0 Å². The molecule has 1 aromatic rings. The molecule has 0 saturated heterocycles. The fourth-order valence-electron chi connectivity index (χ4n) is 3.05. The van der Waals surface area contributed by atoms with Crippen molar-refractivity contribution in [2.75, 3.05) is 11.9 Å². The lowest BCUT2D eigenvalue weighted by atomic mass is 9.83. The first kappa shape index (κ1) is 14.8. The van der Waals surface area contributed by atoms with Gasteiger partial charge in [-0.25, -0.2) is 4.79 Å². The monoisotopic (exact) mass is 277 g/mol. The van der Waals surface area contributed by atoms with Crippen LogP contribution in [-0.4, -0.2) is 27.8 Å². The summed E-state index contributed by atoms with van der Waals surface area (Å²) >= 11 is 0. The van der Waals surface area contributed by atoms with E-state index >= 15 is 0 Å². The molecule has 0 spiro atoms. The Morgan fingerprint density at radius 1 is 1.30 bits per heavy atom. The van der Waals surface area contributed by atoms with Crippen LogP contribution in [0.4, 0.5) is 5.82 Å². The summed E-state index contributed by atoms with van der Waals surface area (Å²) in [7, 11) is 0. The van der Waals surface area contributed by atoms with Gasteiger partial charge in [0.2, 0.25) is 0 Å². The smallest absolute Gasteiger partial charge is 0.339 e. The average molecular weight is 277 g/mol. The highest BCUT2D eigenvalue weighted by Gasteiger charge is 2.32. The highest BCUT2D eigenvalue weighted by atomic mass is 16.4. The second-order valence-corrected chi connectivity index (χ2v) is 5.85. The summed E-state index contributed by atoms with van der Waals surface area (Å²) in [5, 5.41) is 20.7. The predicted octanol–water partition coefficient (Wildman–Crippen LogP) is 3.17. The number of rotatable bonds is 5. The van der Waals surface area contributed by atoms with E-state index in [9.17, 15) is 9.90 Å². The van der Waals surface area contributed by atoms with Gasteiger partial charge in [0.1, 0.15) is 5.56 Å². The number of aromatic carboxylic acids is 1. The molecule has 0 aliphatic heterocycles. The van der Waals surface area contributed by atoms with Gasteiger partial charge < -0.3 is 10.4 Å². The van der Waals surface area contributed by atoms with Gasteiger partial charge in [-0.2, -0.15) is 5.10 Å². The molecule has 0 unspecified atom stereocenters. The van der Waals surface area contributed by atoms with E-state index in [-0.39, 0.29) is 11.0 Å². The Morgan fingerprint density at radius 3 is 2.50 bits per heavy atom. The molecule has 1 saturated carbocycles. The van der Waals surface area contributed by atoms with Crippen LogP contribution >= 0.6 is 0 Å². The van der Waals surface area contributed by atoms with E-state index in [0.29, 0.717) is 17.1 Å². The summed E-state index contributed by atoms with van der Waals surface area (Å²) in [6.45, 7) is 6.55. The third-order valence-electron chi connectivity index (χ3n) is 4.71. The molecule has 5 heteroatoms. The molecular formula is C15H23N3O2. The maximum Gasteiger partial charge on any atom is 0.339 e. The van der Waals surface area contributed by atoms with Crippen LogP contribution in [0.2, 0.25) is 0 Å². The molecule has 1 fully saturated rings. The molecular weight excluding hydrogens is 254 g/mol. The van der Waals surface area contributed by atoms with Crippen molar-refractivity contribution in [1.82, 2.24) is 10.2 Å². The number of carbonyl (C=O) groups is 1. The lowest BCUT2D eigenvalue weighted by Crippen LogP contribution is -2.27. The molecule has 0 atom stereocenters. The van der Waals surface area contributed by atoms with Crippen LogP contribution in [0.15, 0.2) is 0 Å². The number of carboxylic acid groups (broad SMARTS) is 1. The van der Waals surface area contributed by atoms with Crippen molar-refractivity contribution in [3.63, 3.8) is 0 Å². The third kappa shape index (κ3) is 2.76. The minimum atomic E-state index is -0.944. The van der Waals surface area contributed by atoms with Crippen molar-refractivity contribution in [2.45, 2.75) is 52.9 Å². The summed E-state index contributed by atoms with van der Waals surface area (Å²) < 4.78 is 0. The lowest BCUT2D eigenvalue weighted by molar-refractivity contribution is 0.0696. The molecule has 5 nitrogen and oxygen atoms in total. The first-order valence-corrected chi connectivity index (χ1v) is 7.30. The number of aryl methyl sites for hydroxylation is 1. The highest BCUT2D eigenvalue weighted by molar-refractivity contribution is 5.94. The first-order valence-electron chi connectivity index (χ1n) is 7.30. The predicted molar refractivity (Wildman–Crippen MR) is 78.1 cm³/mol. The minimum Gasteiger partial charge on any atom is -0.478 e. The molecule has 0 aromatic carbocycles. The minimum absolute atomic E-state index is 0.252. The molecule has 2 N–H and O–H groups in total. The number of hydrogen-bond acceptors (Lipinski definition) is 4. The maximum atomic E-state index is 11.4. The van der Waals surface area contributed by atoms with Crippen molar-refractivity contribution >= 4 is 11.8 Å². The highest BCUT2D eigenvalue weighted by Crippen LogP contribution is 2.41. The van der Waals surface area contributed by atoms with E-state index in [1.165, 1.54) is 25.7 Å². The van der Waals surface area contributed by atoms with Crippen LogP contribution in [0, 0.1) is 19.3 Å². The Bertz CT molecular complexity index is 508. The van der Waals surface area contributed by atoms with Crippen LogP contribution in [0.1, 0.15) is 60.6 Å². The Labute approximate surface area is 119 Å². The zero-order valence-corrected chi connectivity index (χ0v) is 12.5. The standard InChI is InChI=1S/C15H23N3O2/c1-4-15(7-5-6-8-15)9-16-13-12(14(19)20)10(2)11(3)17-18-13/h4-9H2,1-3H3,(H,16,18)(H,19,20). The fourth-order valence-corrected chi connectivity index (χ4v) is 3.05. The zero-order valence-electron chi connectivity index (χ0n) is 12.5. The molecule has 2 rings (SSSR count). The quantitative estimate of drug-likeness (QED) is 0.864. The van der Waals surface area contributed by atoms with E-state index in [2.05, 4.69) is 22.4 Å². The van der Waals surface area contributed by atoms with Crippen molar-refractivity contribution in [2.24, 2.45) is 5.41 Å².